The van der Waals surface area contributed by atoms with Gasteiger partial charge in [-0.3, -0.25) is 0 Å². The van der Waals surface area contributed by atoms with Crippen molar-refractivity contribution in [1.82, 2.24) is 9.97 Å². The van der Waals surface area contributed by atoms with E-state index in [1.54, 1.807) is 18.2 Å². The summed E-state index contributed by atoms with van der Waals surface area (Å²) < 4.78 is 69.1. The molecule has 2 heterocycles. The molecule has 0 atom stereocenters. The molecule has 0 aliphatic heterocycles. The summed E-state index contributed by atoms with van der Waals surface area (Å²) >= 11 is 0. The number of aromatic nitrogens is 2. The lowest BCUT2D eigenvalue weighted by molar-refractivity contribution is -0.312. The molecule has 0 fully saturated rings. The topological polar surface area (TPSA) is 37.9 Å². The van der Waals surface area contributed by atoms with Gasteiger partial charge in [-0.15, -0.1) is 0 Å². The Morgan fingerprint density at radius 1 is 1.05 bits per heavy atom. The van der Waals surface area contributed by atoms with E-state index in [9.17, 15) is 22.0 Å². The zero-order chi connectivity index (χ0) is 16.0. The molecule has 0 aliphatic carbocycles. The number of benzene rings is 1. The van der Waals surface area contributed by atoms with E-state index in [1.807, 2.05) is 0 Å². The monoisotopic (exact) mass is 316 g/mol. The molecule has 1 N–H and O–H groups in total. The Morgan fingerprint density at radius 2 is 1.77 bits per heavy atom. The van der Waals surface area contributed by atoms with Gasteiger partial charge in [0.2, 0.25) is 5.88 Å². The van der Waals surface area contributed by atoms with E-state index < -0.39 is 24.6 Å². The Bertz CT molecular complexity index is 830. The highest BCUT2D eigenvalue weighted by Gasteiger charge is 2.60. The summed E-state index contributed by atoms with van der Waals surface area (Å²) in [5, 5.41) is 0.725. The van der Waals surface area contributed by atoms with Crippen molar-refractivity contribution in [2.75, 3.05) is 6.67 Å². The summed E-state index contributed by atoms with van der Waals surface area (Å²) in [6.07, 6.45) is -3.57. The normalized spacial score (nSPS) is 13.0. The number of halogens is 5. The van der Waals surface area contributed by atoms with Crippen molar-refractivity contribution in [3.05, 3.63) is 36.5 Å². The van der Waals surface area contributed by atoms with Gasteiger partial charge in [-0.25, -0.2) is 9.37 Å². The molecule has 3 nitrogen and oxygen atoms in total. The molecule has 0 bridgehead atoms. The fraction of sp³-hybridized carbons (Fsp3) is 0.214. The Morgan fingerprint density at radius 3 is 2.50 bits per heavy atom. The minimum absolute atomic E-state index is 0.105. The second kappa shape index (κ2) is 4.82. The maximum atomic E-state index is 13.5. The van der Waals surface area contributed by atoms with Crippen LogP contribution in [0.3, 0.4) is 0 Å². The van der Waals surface area contributed by atoms with Gasteiger partial charge in [0.15, 0.2) is 6.67 Å². The van der Waals surface area contributed by atoms with Crippen LogP contribution in [0.1, 0.15) is 0 Å². The Labute approximate surface area is 120 Å². The first-order valence-electron chi connectivity index (χ1n) is 6.22. The molecule has 0 saturated carbocycles. The van der Waals surface area contributed by atoms with Crippen LogP contribution in [0.15, 0.2) is 36.5 Å². The van der Waals surface area contributed by atoms with Crippen molar-refractivity contribution < 1.29 is 26.7 Å². The number of alkyl halides is 5. The second-order valence-corrected chi connectivity index (χ2v) is 4.66. The van der Waals surface area contributed by atoms with Crippen LogP contribution >= 0.6 is 0 Å². The molecule has 0 aliphatic rings. The molecule has 3 aromatic rings. The van der Waals surface area contributed by atoms with Crippen molar-refractivity contribution in [3.8, 4) is 5.88 Å². The van der Waals surface area contributed by atoms with Gasteiger partial charge in [0.1, 0.15) is 0 Å². The van der Waals surface area contributed by atoms with Crippen LogP contribution < -0.4 is 4.74 Å². The SMILES string of the molecule is FCC(F)(F)C(F)(F)Oc1nc2ccccc2c2[nH]ccc12. The third kappa shape index (κ3) is 2.15. The van der Waals surface area contributed by atoms with Crippen LogP contribution in [0, 0.1) is 0 Å². The highest BCUT2D eigenvalue weighted by molar-refractivity contribution is 6.05. The molecule has 3 rings (SSSR count). The van der Waals surface area contributed by atoms with Gasteiger partial charge in [0.25, 0.3) is 0 Å². The molecular formula is C14H9F5N2O. The number of aromatic amines is 1. The van der Waals surface area contributed by atoms with E-state index in [0.717, 1.165) is 0 Å². The number of hydrogen-bond acceptors (Lipinski definition) is 2. The minimum atomic E-state index is -5.01. The number of para-hydroxylation sites is 1. The quantitative estimate of drug-likeness (QED) is 0.729. The smallest absolute Gasteiger partial charge is 0.409 e. The zero-order valence-electron chi connectivity index (χ0n) is 10.9. The summed E-state index contributed by atoms with van der Waals surface area (Å²) in [4.78, 5) is 6.65. The van der Waals surface area contributed by atoms with E-state index in [-0.39, 0.29) is 10.9 Å². The Balaban J connectivity index is 2.16. The third-order valence-electron chi connectivity index (χ3n) is 3.19. The molecule has 2 aromatic heterocycles. The van der Waals surface area contributed by atoms with Gasteiger partial charge in [-0.2, -0.15) is 17.6 Å². The molecule has 0 amide bonds. The van der Waals surface area contributed by atoms with E-state index in [1.165, 1.54) is 18.3 Å². The van der Waals surface area contributed by atoms with Crippen molar-refractivity contribution in [2.45, 2.75) is 12.0 Å². The van der Waals surface area contributed by atoms with Crippen molar-refractivity contribution >= 4 is 21.8 Å². The molecule has 1 aromatic carbocycles. The maximum Gasteiger partial charge on any atom is 0.468 e. The van der Waals surface area contributed by atoms with Crippen LogP contribution in [0.4, 0.5) is 22.0 Å². The molecular weight excluding hydrogens is 307 g/mol. The molecule has 116 valence electrons. The number of pyridine rings is 1. The lowest BCUT2D eigenvalue weighted by atomic mass is 10.1. The average molecular weight is 316 g/mol. The standard InChI is InChI=1S/C14H9F5N2O/c15-7-13(16,17)14(18,19)22-12-9-5-6-20-11(9)8-3-1-2-4-10(8)21-12/h1-6,20H,7H2. The molecule has 0 unspecified atom stereocenters. The first-order valence-corrected chi connectivity index (χ1v) is 6.22. The predicted molar refractivity (Wildman–Crippen MR) is 70.1 cm³/mol. The van der Waals surface area contributed by atoms with E-state index in [2.05, 4.69) is 14.7 Å². The summed E-state index contributed by atoms with van der Waals surface area (Å²) in [7, 11) is 0. The molecule has 8 heteroatoms. The number of hydrogen-bond donors (Lipinski definition) is 1. The number of nitrogens with one attached hydrogen (secondary N) is 1. The number of fused-ring (bicyclic) bond motifs is 3. The molecule has 22 heavy (non-hydrogen) atoms. The summed E-state index contributed by atoms with van der Waals surface area (Å²) in [5.74, 6) is -5.63. The van der Waals surface area contributed by atoms with E-state index in [4.69, 9.17) is 0 Å². The lowest BCUT2D eigenvalue weighted by Crippen LogP contribution is -2.47. The van der Waals surface area contributed by atoms with Crippen LogP contribution in [0.25, 0.3) is 21.8 Å². The fourth-order valence-corrected chi connectivity index (χ4v) is 2.07. The highest BCUT2D eigenvalue weighted by atomic mass is 19.3. The summed E-state index contributed by atoms with van der Waals surface area (Å²) in [5.41, 5.74) is 0.701. The third-order valence-corrected chi connectivity index (χ3v) is 3.19. The number of nitrogens with zero attached hydrogens (tertiary/aromatic N) is 1. The van der Waals surface area contributed by atoms with Crippen molar-refractivity contribution in [2.24, 2.45) is 0 Å². The summed E-state index contributed by atoms with van der Waals surface area (Å²) in [6.45, 7) is -2.54. The van der Waals surface area contributed by atoms with Crippen LogP contribution in [-0.2, 0) is 0 Å². The highest BCUT2D eigenvalue weighted by Crippen LogP contribution is 2.39. The molecule has 0 spiro atoms. The second-order valence-electron chi connectivity index (χ2n) is 4.66. The first-order chi connectivity index (χ1) is 10.4. The largest absolute Gasteiger partial charge is 0.468 e. The van der Waals surface area contributed by atoms with Gasteiger partial charge in [-0.1, -0.05) is 18.2 Å². The number of H-pyrrole nitrogens is 1. The maximum absolute atomic E-state index is 13.5. The molecule has 0 radical (unpaired) electrons. The molecule has 0 saturated heterocycles. The number of rotatable bonds is 4. The van der Waals surface area contributed by atoms with Crippen LogP contribution in [-0.4, -0.2) is 28.7 Å². The first kappa shape index (κ1) is 14.6. The minimum Gasteiger partial charge on any atom is -0.409 e. The van der Waals surface area contributed by atoms with Crippen molar-refractivity contribution in [1.29, 1.82) is 0 Å². The summed E-state index contributed by atoms with van der Waals surface area (Å²) in [6, 6.07) is 7.92. The van der Waals surface area contributed by atoms with Gasteiger partial charge < -0.3 is 9.72 Å². The van der Waals surface area contributed by atoms with E-state index >= 15 is 0 Å². The van der Waals surface area contributed by atoms with Crippen LogP contribution in [0.2, 0.25) is 0 Å². The Kier molecular flexibility index (Phi) is 3.19. The predicted octanol–water partition coefficient (Wildman–Crippen LogP) is 4.29. The van der Waals surface area contributed by atoms with Crippen LogP contribution in [0.5, 0.6) is 5.88 Å². The van der Waals surface area contributed by atoms with Gasteiger partial charge >= 0.3 is 12.0 Å². The average Bonchev–Trinajstić information content (AvgIpc) is 2.97. The fourth-order valence-electron chi connectivity index (χ4n) is 2.07. The zero-order valence-corrected chi connectivity index (χ0v) is 10.9. The Hall–Kier alpha value is -2.38. The van der Waals surface area contributed by atoms with E-state index in [0.29, 0.717) is 10.9 Å². The van der Waals surface area contributed by atoms with Gasteiger partial charge in [0.05, 0.1) is 16.4 Å². The number of ether oxygens (including phenoxy) is 1. The van der Waals surface area contributed by atoms with Crippen molar-refractivity contribution in [3.63, 3.8) is 0 Å². The van der Waals surface area contributed by atoms with Gasteiger partial charge in [-0.05, 0) is 12.1 Å². The lowest BCUT2D eigenvalue weighted by Gasteiger charge is -2.24. The van der Waals surface area contributed by atoms with Gasteiger partial charge in [0, 0.05) is 11.6 Å².